The molecule has 0 atom stereocenters. The first-order valence-corrected chi connectivity index (χ1v) is 7.28. The Hall–Kier alpha value is -2.97. The molecule has 0 aromatic carbocycles. The molecule has 0 spiro atoms. The summed E-state index contributed by atoms with van der Waals surface area (Å²) in [4.78, 5) is 59.1. The van der Waals surface area contributed by atoms with Crippen LogP contribution in [0.1, 0.15) is 12.8 Å². The fraction of sp³-hybridized carbons (Fsp3) is 0.400. The Morgan fingerprint density at radius 2 is 1.79 bits per heavy atom. The average Bonchev–Trinajstić information content (AvgIpc) is 2.86. The van der Waals surface area contributed by atoms with Gasteiger partial charge in [0.15, 0.2) is 0 Å². The molecule has 0 saturated heterocycles. The van der Waals surface area contributed by atoms with Crippen molar-refractivity contribution in [3.8, 4) is 0 Å². The van der Waals surface area contributed by atoms with E-state index in [1.807, 2.05) is 0 Å². The number of nitrogens with zero attached hydrogens (tertiary/aromatic N) is 2. The van der Waals surface area contributed by atoms with E-state index in [9.17, 15) is 24.0 Å². The first-order chi connectivity index (χ1) is 11.3. The highest BCUT2D eigenvalue weighted by atomic mass is 16.4. The van der Waals surface area contributed by atoms with Crippen LogP contribution in [0.15, 0.2) is 24.8 Å². The topological polar surface area (TPSA) is 124 Å². The number of carbonyl (C=O) groups is 5. The van der Waals surface area contributed by atoms with E-state index in [4.69, 9.17) is 5.11 Å². The molecular formula is C15H19N3O6. The summed E-state index contributed by atoms with van der Waals surface area (Å²) < 4.78 is 0. The van der Waals surface area contributed by atoms with Crippen molar-refractivity contribution in [2.45, 2.75) is 12.8 Å². The second-order valence-corrected chi connectivity index (χ2v) is 4.93. The maximum Gasteiger partial charge on any atom is 0.303 e. The SMILES string of the molecule is C=CC(=O)NCCN(CCN1C(=O)C=CC1=O)C(=O)CCC(=O)O. The van der Waals surface area contributed by atoms with E-state index in [0.29, 0.717) is 0 Å². The first-order valence-electron chi connectivity index (χ1n) is 7.28. The van der Waals surface area contributed by atoms with E-state index >= 15 is 0 Å². The summed E-state index contributed by atoms with van der Waals surface area (Å²) in [5.74, 6) is -2.85. The lowest BCUT2D eigenvalue weighted by atomic mass is 10.2. The van der Waals surface area contributed by atoms with E-state index in [2.05, 4.69) is 11.9 Å². The highest BCUT2D eigenvalue weighted by Gasteiger charge is 2.24. The van der Waals surface area contributed by atoms with Gasteiger partial charge in [0.25, 0.3) is 11.8 Å². The van der Waals surface area contributed by atoms with E-state index in [-0.39, 0.29) is 39.0 Å². The van der Waals surface area contributed by atoms with Gasteiger partial charge in [0.2, 0.25) is 11.8 Å². The molecule has 1 aliphatic heterocycles. The second kappa shape index (κ2) is 9.23. The molecule has 24 heavy (non-hydrogen) atoms. The first kappa shape index (κ1) is 19.1. The summed E-state index contributed by atoms with van der Waals surface area (Å²) in [5, 5.41) is 11.2. The minimum absolute atomic E-state index is 0.00111. The molecule has 0 aliphatic carbocycles. The van der Waals surface area contributed by atoms with E-state index in [0.717, 1.165) is 23.1 Å². The fourth-order valence-corrected chi connectivity index (χ4v) is 1.99. The summed E-state index contributed by atoms with van der Waals surface area (Å²) in [6.45, 7) is 3.63. The van der Waals surface area contributed by atoms with Crippen LogP contribution in [0.5, 0.6) is 0 Å². The molecule has 9 heteroatoms. The Bertz CT molecular complexity index is 566. The van der Waals surface area contributed by atoms with Crippen LogP contribution in [-0.2, 0) is 24.0 Å². The highest BCUT2D eigenvalue weighted by Crippen LogP contribution is 2.05. The second-order valence-electron chi connectivity index (χ2n) is 4.93. The molecule has 1 heterocycles. The number of amides is 4. The van der Waals surface area contributed by atoms with Crippen LogP contribution in [-0.4, -0.2) is 70.7 Å². The largest absolute Gasteiger partial charge is 0.481 e. The lowest BCUT2D eigenvalue weighted by Gasteiger charge is -2.25. The van der Waals surface area contributed by atoms with Gasteiger partial charge in [0.1, 0.15) is 0 Å². The molecule has 0 unspecified atom stereocenters. The fourth-order valence-electron chi connectivity index (χ4n) is 1.99. The molecule has 1 aliphatic rings. The molecule has 130 valence electrons. The summed E-state index contributed by atoms with van der Waals surface area (Å²) >= 11 is 0. The van der Waals surface area contributed by atoms with Crippen molar-refractivity contribution in [3.05, 3.63) is 24.8 Å². The number of rotatable bonds is 10. The van der Waals surface area contributed by atoms with Gasteiger partial charge in [-0.25, -0.2) is 0 Å². The predicted octanol–water partition coefficient (Wildman–Crippen LogP) is -1.09. The van der Waals surface area contributed by atoms with Gasteiger partial charge in [-0.3, -0.25) is 28.9 Å². The van der Waals surface area contributed by atoms with E-state index in [1.165, 1.54) is 4.90 Å². The van der Waals surface area contributed by atoms with Gasteiger partial charge < -0.3 is 15.3 Å². The molecule has 9 nitrogen and oxygen atoms in total. The zero-order valence-electron chi connectivity index (χ0n) is 13.1. The molecule has 0 fully saturated rings. The number of carboxylic acid groups (broad SMARTS) is 1. The molecule has 1 rings (SSSR count). The van der Waals surface area contributed by atoms with Gasteiger partial charge in [-0.2, -0.15) is 0 Å². The Labute approximate surface area is 138 Å². The maximum absolute atomic E-state index is 12.1. The zero-order valence-corrected chi connectivity index (χ0v) is 13.1. The van der Waals surface area contributed by atoms with Gasteiger partial charge >= 0.3 is 5.97 Å². The Morgan fingerprint density at radius 1 is 1.17 bits per heavy atom. The Kier molecular flexibility index (Phi) is 7.34. The zero-order chi connectivity index (χ0) is 18.1. The average molecular weight is 337 g/mol. The predicted molar refractivity (Wildman–Crippen MR) is 82.5 cm³/mol. The summed E-state index contributed by atoms with van der Waals surface area (Å²) in [7, 11) is 0. The van der Waals surface area contributed by atoms with Crippen molar-refractivity contribution in [2.75, 3.05) is 26.2 Å². The molecule has 0 saturated carbocycles. The van der Waals surface area contributed by atoms with Crippen LogP contribution in [0, 0.1) is 0 Å². The lowest BCUT2D eigenvalue weighted by molar-refractivity contribution is -0.141. The van der Waals surface area contributed by atoms with Crippen molar-refractivity contribution in [1.29, 1.82) is 0 Å². The Morgan fingerprint density at radius 3 is 2.33 bits per heavy atom. The van der Waals surface area contributed by atoms with Crippen molar-refractivity contribution in [2.24, 2.45) is 0 Å². The summed E-state index contributed by atoms with van der Waals surface area (Å²) in [5.41, 5.74) is 0. The van der Waals surface area contributed by atoms with Crippen LogP contribution >= 0.6 is 0 Å². The highest BCUT2D eigenvalue weighted by molar-refractivity contribution is 6.12. The van der Waals surface area contributed by atoms with Gasteiger partial charge in [0, 0.05) is 44.8 Å². The minimum atomic E-state index is -1.10. The number of nitrogens with one attached hydrogen (secondary N) is 1. The maximum atomic E-state index is 12.1. The number of carboxylic acids is 1. The lowest BCUT2D eigenvalue weighted by Crippen LogP contribution is -2.44. The normalized spacial score (nSPS) is 13.1. The van der Waals surface area contributed by atoms with Gasteiger partial charge in [-0.15, -0.1) is 0 Å². The van der Waals surface area contributed by atoms with Crippen molar-refractivity contribution < 1.29 is 29.1 Å². The molecule has 0 bridgehead atoms. The number of hydrogen-bond acceptors (Lipinski definition) is 5. The third-order valence-electron chi connectivity index (χ3n) is 3.27. The summed E-state index contributed by atoms with van der Waals surface area (Å²) in [6, 6.07) is 0. The number of aliphatic carboxylic acids is 1. The van der Waals surface area contributed by atoms with Crippen LogP contribution in [0.2, 0.25) is 0 Å². The van der Waals surface area contributed by atoms with Crippen LogP contribution in [0.25, 0.3) is 0 Å². The third kappa shape index (κ3) is 6.03. The van der Waals surface area contributed by atoms with Gasteiger partial charge in [-0.1, -0.05) is 6.58 Å². The number of hydrogen-bond donors (Lipinski definition) is 2. The summed E-state index contributed by atoms with van der Waals surface area (Å²) in [6.07, 6.45) is 2.85. The number of carbonyl (C=O) groups excluding carboxylic acids is 4. The Balaban J connectivity index is 2.58. The molecule has 0 aromatic rings. The monoisotopic (exact) mass is 337 g/mol. The van der Waals surface area contributed by atoms with Gasteiger partial charge in [0.05, 0.1) is 6.42 Å². The molecule has 0 aromatic heterocycles. The smallest absolute Gasteiger partial charge is 0.303 e. The molecular weight excluding hydrogens is 318 g/mol. The van der Waals surface area contributed by atoms with Gasteiger partial charge in [-0.05, 0) is 6.08 Å². The van der Waals surface area contributed by atoms with Crippen molar-refractivity contribution >= 4 is 29.6 Å². The van der Waals surface area contributed by atoms with Crippen molar-refractivity contribution in [3.63, 3.8) is 0 Å². The molecule has 0 radical (unpaired) electrons. The quantitative estimate of drug-likeness (QED) is 0.385. The number of imide groups is 1. The van der Waals surface area contributed by atoms with Crippen LogP contribution < -0.4 is 5.32 Å². The van der Waals surface area contributed by atoms with E-state index in [1.54, 1.807) is 0 Å². The molecule has 4 amide bonds. The standard InChI is InChI=1S/C15H19N3O6/c1-2-11(19)16-7-8-17(12(20)5-6-15(23)24)9-10-18-13(21)3-4-14(18)22/h2-4H,1,5-10H2,(H,16,19)(H,23,24). The third-order valence-corrected chi connectivity index (χ3v) is 3.27. The van der Waals surface area contributed by atoms with E-state index < -0.39 is 29.6 Å². The van der Waals surface area contributed by atoms with Crippen LogP contribution in [0.3, 0.4) is 0 Å². The van der Waals surface area contributed by atoms with Crippen molar-refractivity contribution in [1.82, 2.24) is 15.1 Å². The van der Waals surface area contributed by atoms with Crippen LogP contribution in [0.4, 0.5) is 0 Å². The molecule has 2 N–H and O–H groups in total. The minimum Gasteiger partial charge on any atom is -0.481 e.